The van der Waals surface area contributed by atoms with Crippen LogP contribution in [0.25, 0.3) is 0 Å². The predicted molar refractivity (Wildman–Crippen MR) is 69.8 cm³/mol. The first-order chi connectivity index (χ1) is 7.79. The molecule has 2 nitrogen and oxygen atoms in total. The Balaban J connectivity index is 1.80. The normalized spacial score (nSPS) is 18.2. The van der Waals surface area contributed by atoms with E-state index in [1.165, 1.54) is 44.9 Å². The third-order valence-corrected chi connectivity index (χ3v) is 3.35. The maximum atomic E-state index is 5.61. The second-order valence-electron chi connectivity index (χ2n) is 5.44. The second kappa shape index (κ2) is 9.00. The highest BCUT2D eigenvalue weighted by Gasteiger charge is 2.11. The van der Waals surface area contributed by atoms with Crippen LogP contribution < -0.4 is 5.32 Å². The molecule has 0 aromatic carbocycles. The van der Waals surface area contributed by atoms with Crippen LogP contribution >= 0.6 is 0 Å². The number of ether oxygens (including phenoxy) is 1. The van der Waals surface area contributed by atoms with Crippen LogP contribution in [0.2, 0.25) is 0 Å². The molecule has 1 N–H and O–H groups in total. The van der Waals surface area contributed by atoms with Crippen molar-refractivity contribution in [2.75, 3.05) is 19.8 Å². The van der Waals surface area contributed by atoms with Gasteiger partial charge < -0.3 is 10.1 Å². The van der Waals surface area contributed by atoms with Crippen molar-refractivity contribution < 1.29 is 4.74 Å². The molecule has 2 heteroatoms. The SMILES string of the molecule is CC(C)CCCOCCNC1CCCCC1. The lowest BCUT2D eigenvalue weighted by atomic mass is 9.96. The van der Waals surface area contributed by atoms with Crippen LogP contribution in [-0.4, -0.2) is 25.8 Å². The Morgan fingerprint density at radius 1 is 1.12 bits per heavy atom. The summed E-state index contributed by atoms with van der Waals surface area (Å²) in [4.78, 5) is 0. The maximum absolute atomic E-state index is 5.61. The van der Waals surface area contributed by atoms with E-state index in [4.69, 9.17) is 4.74 Å². The average Bonchev–Trinajstić information content (AvgIpc) is 2.29. The van der Waals surface area contributed by atoms with Crippen molar-refractivity contribution in [3.05, 3.63) is 0 Å². The van der Waals surface area contributed by atoms with Gasteiger partial charge in [-0.3, -0.25) is 0 Å². The highest BCUT2D eigenvalue weighted by molar-refractivity contribution is 4.71. The second-order valence-corrected chi connectivity index (χ2v) is 5.44. The minimum atomic E-state index is 0.771. The van der Waals surface area contributed by atoms with Gasteiger partial charge in [0.05, 0.1) is 6.61 Å². The summed E-state index contributed by atoms with van der Waals surface area (Å²) in [7, 11) is 0. The Morgan fingerprint density at radius 2 is 1.88 bits per heavy atom. The molecule has 0 spiro atoms. The van der Waals surface area contributed by atoms with Crippen molar-refractivity contribution in [3.8, 4) is 0 Å². The number of hydrogen-bond donors (Lipinski definition) is 1. The molecule has 0 bridgehead atoms. The predicted octanol–water partition coefficient (Wildman–Crippen LogP) is 3.36. The fourth-order valence-corrected chi connectivity index (χ4v) is 2.34. The summed E-state index contributed by atoms with van der Waals surface area (Å²) in [5, 5.41) is 3.60. The maximum Gasteiger partial charge on any atom is 0.0590 e. The first-order valence-corrected chi connectivity index (χ1v) is 7.10. The Bertz CT molecular complexity index is 153. The molecule has 0 aromatic rings. The molecule has 0 unspecified atom stereocenters. The molecule has 1 rings (SSSR count). The molecule has 0 aliphatic heterocycles. The number of rotatable bonds is 8. The third kappa shape index (κ3) is 7.24. The molecule has 1 aliphatic rings. The van der Waals surface area contributed by atoms with Crippen LogP contribution in [-0.2, 0) is 4.74 Å². The van der Waals surface area contributed by atoms with Gasteiger partial charge in [0.15, 0.2) is 0 Å². The summed E-state index contributed by atoms with van der Waals surface area (Å²) in [5.41, 5.74) is 0. The van der Waals surface area contributed by atoms with Crippen LogP contribution in [0.1, 0.15) is 58.8 Å². The van der Waals surface area contributed by atoms with E-state index in [9.17, 15) is 0 Å². The zero-order valence-electron chi connectivity index (χ0n) is 11.1. The summed E-state index contributed by atoms with van der Waals surface area (Å²) < 4.78 is 5.61. The lowest BCUT2D eigenvalue weighted by Gasteiger charge is -2.22. The Hall–Kier alpha value is -0.0800. The van der Waals surface area contributed by atoms with E-state index in [1.807, 2.05) is 0 Å². The first kappa shape index (κ1) is 14.0. The van der Waals surface area contributed by atoms with Gasteiger partial charge >= 0.3 is 0 Å². The average molecular weight is 227 g/mol. The summed E-state index contributed by atoms with van der Waals surface area (Å²) in [6.45, 7) is 7.39. The van der Waals surface area contributed by atoms with E-state index < -0.39 is 0 Å². The molecule has 0 aromatic heterocycles. The molecule has 0 saturated heterocycles. The van der Waals surface area contributed by atoms with Crippen molar-refractivity contribution in [1.29, 1.82) is 0 Å². The number of nitrogens with one attached hydrogen (secondary N) is 1. The zero-order chi connectivity index (χ0) is 11.6. The molecule has 0 amide bonds. The van der Waals surface area contributed by atoms with E-state index in [2.05, 4.69) is 19.2 Å². The van der Waals surface area contributed by atoms with E-state index in [-0.39, 0.29) is 0 Å². The first-order valence-electron chi connectivity index (χ1n) is 7.10. The van der Waals surface area contributed by atoms with Gasteiger partial charge in [0.1, 0.15) is 0 Å². The summed E-state index contributed by atoms with van der Waals surface area (Å²) in [6, 6.07) is 0.771. The van der Waals surface area contributed by atoms with E-state index in [1.54, 1.807) is 0 Å². The largest absolute Gasteiger partial charge is 0.380 e. The highest BCUT2D eigenvalue weighted by atomic mass is 16.5. The molecular weight excluding hydrogens is 198 g/mol. The van der Waals surface area contributed by atoms with Crippen molar-refractivity contribution in [2.24, 2.45) is 5.92 Å². The molecule has 1 fully saturated rings. The van der Waals surface area contributed by atoms with Crippen LogP contribution in [0.15, 0.2) is 0 Å². The van der Waals surface area contributed by atoms with Crippen LogP contribution in [0.4, 0.5) is 0 Å². The molecule has 16 heavy (non-hydrogen) atoms. The Morgan fingerprint density at radius 3 is 2.56 bits per heavy atom. The molecular formula is C14H29NO. The Labute approximate surface area is 101 Å². The van der Waals surface area contributed by atoms with Crippen molar-refractivity contribution >= 4 is 0 Å². The fraction of sp³-hybridized carbons (Fsp3) is 1.00. The van der Waals surface area contributed by atoms with Gasteiger partial charge in [-0.2, -0.15) is 0 Å². The molecule has 0 radical (unpaired) electrons. The minimum absolute atomic E-state index is 0.771. The van der Waals surface area contributed by atoms with Gasteiger partial charge in [-0.05, 0) is 31.6 Å². The topological polar surface area (TPSA) is 21.3 Å². The smallest absolute Gasteiger partial charge is 0.0590 e. The van der Waals surface area contributed by atoms with Crippen LogP contribution in [0.3, 0.4) is 0 Å². The quantitative estimate of drug-likeness (QED) is 0.642. The Kier molecular flexibility index (Phi) is 7.87. The lowest BCUT2D eigenvalue weighted by Crippen LogP contribution is -2.33. The van der Waals surface area contributed by atoms with Crippen molar-refractivity contribution in [1.82, 2.24) is 5.32 Å². The number of hydrogen-bond acceptors (Lipinski definition) is 2. The lowest BCUT2D eigenvalue weighted by molar-refractivity contribution is 0.126. The standard InChI is InChI=1S/C14H29NO/c1-13(2)7-6-11-16-12-10-15-14-8-4-3-5-9-14/h13-15H,3-12H2,1-2H3. The van der Waals surface area contributed by atoms with Crippen LogP contribution in [0.5, 0.6) is 0 Å². The molecule has 1 aliphatic carbocycles. The van der Waals surface area contributed by atoms with Crippen LogP contribution in [0, 0.1) is 5.92 Å². The van der Waals surface area contributed by atoms with Gasteiger partial charge in [0, 0.05) is 19.2 Å². The van der Waals surface area contributed by atoms with Gasteiger partial charge in [-0.25, -0.2) is 0 Å². The minimum Gasteiger partial charge on any atom is -0.380 e. The summed E-state index contributed by atoms with van der Waals surface area (Å²) in [6.07, 6.45) is 9.49. The molecule has 0 heterocycles. The molecule has 1 saturated carbocycles. The fourth-order valence-electron chi connectivity index (χ4n) is 2.34. The molecule has 0 atom stereocenters. The zero-order valence-corrected chi connectivity index (χ0v) is 11.1. The summed E-state index contributed by atoms with van der Waals surface area (Å²) in [5.74, 6) is 0.809. The third-order valence-electron chi connectivity index (χ3n) is 3.35. The van der Waals surface area contributed by atoms with Crippen molar-refractivity contribution in [2.45, 2.75) is 64.8 Å². The van der Waals surface area contributed by atoms with Gasteiger partial charge in [0.2, 0.25) is 0 Å². The van der Waals surface area contributed by atoms with Gasteiger partial charge in [-0.15, -0.1) is 0 Å². The van der Waals surface area contributed by atoms with Gasteiger partial charge in [-0.1, -0.05) is 33.1 Å². The highest BCUT2D eigenvalue weighted by Crippen LogP contribution is 2.16. The molecule has 96 valence electrons. The van der Waals surface area contributed by atoms with Crippen molar-refractivity contribution in [3.63, 3.8) is 0 Å². The van der Waals surface area contributed by atoms with E-state index >= 15 is 0 Å². The van der Waals surface area contributed by atoms with E-state index in [0.29, 0.717) is 0 Å². The van der Waals surface area contributed by atoms with E-state index in [0.717, 1.165) is 31.7 Å². The summed E-state index contributed by atoms with van der Waals surface area (Å²) >= 11 is 0. The monoisotopic (exact) mass is 227 g/mol. The van der Waals surface area contributed by atoms with Gasteiger partial charge in [0.25, 0.3) is 0 Å².